The van der Waals surface area contributed by atoms with Crippen LogP contribution < -0.4 is 16.0 Å². The number of rotatable bonds is 9. The fraction of sp³-hybridized carbons (Fsp3) is 0.0769. The van der Waals surface area contributed by atoms with E-state index in [4.69, 9.17) is 0 Å². The molecule has 0 aliphatic rings. The Labute approximate surface area is 220 Å². The van der Waals surface area contributed by atoms with Crippen LogP contribution in [0.25, 0.3) is 6.08 Å². The molecule has 0 radical (unpaired) electrons. The quantitative estimate of drug-likeness (QED) is 0.190. The van der Waals surface area contributed by atoms with Gasteiger partial charge in [-0.05, 0) is 60.8 Å². The molecule has 182 valence electrons. The van der Waals surface area contributed by atoms with E-state index in [1.54, 1.807) is 42.5 Å². The number of aryl methyl sites for hydroxylation is 1. The number of thioether (sulfide) groups is 1. The second kappa shape index (κ2) is 12.3. The minimum atomic E-state index is -0.439. The van der Waals surface area contributed by atoms with Gasteiger partial charge < -0.3 is 16.0 Å². The average molecular weight is 535 g/mol. The van der Waals surface area contributed by atoms with Gasteiger partial charge in [0, 0.05) is 26.4 Å². The fourth-order valence-corrected chi connectivity index (χ4v) is 5.07. The summed E-state index contributed by atoms with van der Waals surface area (Å²) in [4.78, 5) is 43.8. The molecule has 0 aliphatic heterocycles. The van der Waals surface area contributed by atoms with E-state index in [2.05, 4.69) is 20.9 Å². The second-order valence-electron chi connectivity index (χ2n) is 7.50. The standard InChI is InChI=1S/C26H22N4O3S3/c1-17-15-36-26(27-17)30-23(31)16-35-20-11-9-19(10-12-20)28-25(33)22(14-21-8-5-13-34-21)29-24(32)18-6-3-2-4-7-18/h2-15H,16H2,1H3,(H,28,33)(H,29,32)(H,27,30,31)/b22-14-. The van der Waals surface area contributed by atoms with E-state index in [9.17, 15) is 14.4 Å². The molecule has 2 aromatic carbocycles. The number of nitrogens with zero attached hydrogens (tertiary/aromatic N) is 1. The Morgan fingerprint density at radius 1 is 0.944 bits per heavy atom. The number of anilines is 2. The number of carbonyl (C=O) groups excluding carboxylic acids is 3. The first kappa shape index (κ1) is 25.4. The van der Waals surface area contributed by atoms with Crippen molar-refractivity contribution in [1.29, 1.82) is 0 Å². The summed E-state index contributed by atoms with van der Waals surface area (Å²) in [5.74, 6) is -0.703. The van der Waals surface area contributed by atoms with Gasteiger partial charge in [-0.15, -0.1) is 34.4 Å². The van der Waals surface area contributed by atoms with Gasteiger partial charge in [-0.1, -0.05) is 24.3 Å². The van der Waals surface area contributed by atoms with Gasteiger partial charge in [0.25, 0.3) is 11.8 Å². The highest BCUT2D eigenvalue weighted by Gasteiger charge is 2.15. The summed E-state index contributed by atoms with van der Waals surface area (Å²) >= 11 is 4.23. The summed E-state index contributed by atoms with van der Waals surface area (Å²) in [7, 11) is 0. The number of thiophene rings is 1. The first-order valence-electron chi connectivity index (χ1n) is 10.8. The van der Waals surface area contributed by atoms with Crippen LogP contribution in [0.5, 0.6) is 0 Å². The van der Waals surface area contributed by atoms with E-state index in [1.165, 1.54) is 34.4 Å². The number of thiazole rings is 1. The lowest BCUT2D eigenvalue weighted by Crippen LogP contribution is -2.30. The van der Waals surface area contributed by atoms with Crippen LogP contribution in [0, 0.1) is 6.92 Å². The SMILES string of the molecule is Cc1csc(NC(=O)CSc2ccc(NC(=O)/C(=C/c3cccs3)NC(=O)c3ccccc3)cc2)n1. The van der Waals surface area contributed by atoms with Crippen LogP contribution in [-0.2, 0) is 9.59 Å². The zero-order chi connectivity index (χ0) is 25.3. The maximum absolute atomic E-state index is 13.0. The van der Waals surface area contributed by atoms with Crippen molar-refractivity contribution in [3.05, 3.63) is 99.3 Å². The number of aromatic nitrogens is 1. The van der Waals surface area contributed by atoms with E-state index in [-0.39, 0.29) is 23.3 Å². The summed E-state index contributed by atoms with van der Waals surface area (Å²) in [5, 5.41) is 12.7. The number of hydrogen-bond acceptors (Lipinski definition) is 7. The lowest BCUT2D eigenvalue weighted by atomic mass is 10.2. The highest BCUT2D eigenvalue weighted by atomic mass is 32.2. The van der Waals surface area contributed by atoms with Crippen LogP contribution in [0.4, 0.5) is 10.8 Å². The van der Waals surface area contributed by atoms with Gasteiger partial charge in [-0.3, -0.25) is 14.4 Å². The molecule has 3 amide bonds. The molecule has 4 aromatic rings. The summed E-state index contributed by atoms with van der Waals surface area (Å²) in [6, 6.07) is 19.6. The van der Waals surface area contributed by atoms with Crippen LogP contribution in [-0.4, -0.2) is 28.5 Å². The summed E-state index contributed by atoms with van der Waals surface area (Å²) in [6.45, 7) is 1.87. The Bertz CT molecular complexity index is 1370. The molecule has 4 rings (SSSR count). The molecule has 0 saturated heterocycles. The highest BCUT2D eigenvalue weighted by Crippen LogP contribution is 2.22. The molecule has 0 bridgehead atoms. The molecule has 0 fully saturated rings. The van der Waals surface area contributed by atoms with Crippen molar-refractivity contribution in [3.63, 3.8) is 0 Å². The smallest absolute Gasteiger partial charge is 0.272 e. The zero-order valence-electron chi connectivity index (χ0n) is 19.2. The molecule has 0 aliphatic carbocycles. The third-order valence-corrected chi connectivity index (χ3v) is 7.41. The van der Waals surface area contributed by atoms with Crippen molar-refractivity contribution in [1.82, 2.24) is 10.3 Å². The van der Waals surface area contributed by atoms with Crippen LogP contribution in [0.15, 0.2) is 88.1 Å². The molecule has 0 spiro atoms. The Kier molecular flexibility index (Phi) is 8.66. The molecule has 2 heterocycles. The molecular weight excluding hydrogens is 513 g/mol. The van der Waals surface area contributed by atoms with E-state index < -0.39 is 5.91 Å². The van der Waals surface area contributed by atoms with Gasteiger partial charge in [-0.2, -0.15) is 0 Å². The fourth-order valence-electron chi connectivity index (χ4n) is 3.01. The molecule has 3 N–H and O–H groups in total. The minimum absolute atomic E-state index is 0.135. The van der Waals surface area contributed by atoms with Gasteiger partial charge >= 0.3 is 0 Å². The van der Waals surface area contributed by atoms with Crippen molar-refractivity contribution in [3.8, 4) is 0 Å². The maximum Gasteiger partial charge on any atom is 0.272 e. The molecule has 0 atom stereocenters. The van der Waals surface area contributed by atoms with E-state index in [0.717, 1.165) is 15.5 Å². The first-order valence-corrected chi connectivity index (χ1v) is 13.6. The summed E-state index contributed by atoms with van der Waals surface area (Å²) < 4.78 is 0. The Morgan fingerprint density at radius 2 is 1.72 bits per heavy atom. The van der Waals surface area contributed by atoms with Gasteiger partial charge in [0.2, 0.25) is 5.91 Å². The van der Waals surface area contributed by atoms with Crippen molar-refractivity contribution in [2.75, 3.05) is 16.4 Å². The van der Waals surface area contributed by atoms with Crippen LogP contribution in [0.3, 0.4) is 0 Å². The van der Waals surface area contributed by atoms with Crippen molar-refractivity contribution < 1.29 is 14.4 Å². The van der Waals surface area contributed by atoms with Crippen LogP contribution in [0.1, 0.15) is 20.9 Å². The molecular formula is C26H22N4O3S3. The Morgan fingerprint density at radius 3 is 2.39 bits per heavy atom. The lowest BCUT2D eigenvalue weighted by molar-refractivity contribution is -0.114. The maximum atomic E-state index is 13.0. The van der Waals surface area contributed by atoms with Crippen molar-refractivity contribution >= 4 is 69.1 Å². The molecule has 2 aromatic heterocycles. The Hall–Kier alpha value is -3.73. The number of nitrogens with one attached hydrogen (secondary N) is 3. The van der Waals surface area contributed by atoms with Gasteiger partial charge in [0.1, 0.15) is 5.70 Å². The lowest BCUT2D eigenvalue weighted by Gasteiger charge is -2.11. The number of benzene rings is 2. The van der Waals surface area contributed by atoms with Gasteiger partial charge in [-0.25, -0.2) is 4.98 Å². The van der Waals surface area contributed by atoms with E-state index >= 15 is 0 Å². The summed E-state index contributed by atoms with van der Waals surface area (Å²) in [5.41, 5.74) is 2.03. The van der Waals surface area contributed by atoms with Crippen molar-refractivity contribution in [2.24, 2.45) is 0 Å². The number of amides is 3. The Balaban J connectivity index is 1.37. The molecule has 7 nitrogen and oxygen atoms in total. The predicted octanol–water partition coefficient (Wildman–Crippen LogP) is 5.65. The first-order chi connectivity index (χ1) is 17.5. The normalized spacial score (nSPS) is 11.1. The molecule has 0 unspecified atom stereocenters. The number of hydrogen-bond donors (Lipinski definition) is 3. The number of carbonyl (C=O) groups is 3. The summed E-state index contributed by atoms with van der Waals surface area (Å²) in [6.07, 6.45) is 1.65. The molecule has 10 heteroatoms. The minimum Gasteiger partial charge on any atom is -0.321 e. The highest BCUT2D eigenvalue weighted by molar-refractivity contribution is 8.00. The van der Waals surface area contributed by atoms with E-state index in [0.29, 0.717) is 16.4 Å². The van der Waals surface area contributed by atoms with Crippen molar-refractivity contribution in [2.45, 2.75) is 11.8 Å². The molecule has 0 saturated carbocycles. The molecule has 36 heavy (non-hydrogen) atoms. The predicted molar refractivity (Wildman–Crippen MR) is 147 cm³/mol. The average Bonchev–Trinajstić information content (AvgIpc) is 3.55. The van der Waals surface area contributed by atoms with Gasteiger partial charge in [0.15, 0.2) is 5.13 Å². The third kappa shape index (κ3) is 7.38. The van der Waals surface area contributed by atoms with E-state index in [1.807, 2.05) is 48.0 Å². The second-order valence-corrected chi connectivity index (χ2v) is 10.4. The van der Waals surface area contributed by atoms with Crippen LogP contribution in [0.2, 0.25) is 0 Å². The van der Waals surface area contributed by atoms with Crippen LogP contribution >= 0.6 is 34.4 Å². The monoisotopic (exact) mass is 534 g/mol. The van der Waals surface area contributed by atoms with Gasteiger partial charge in [0.05, 0.1) is 11.4 Å². The third-order valence-electron chi connectivity index (χ3n) is 4.71. The zero-order valence-corrected chi connectivity index (χ0v) is 21.6. The largest absolute Gasteiger partial charge is 0.321 e. The topological polar surface area (TPSA) is 100 Å².